The zero-order valence-corrected chi connectivity index (χ0v) is 29.8. The molecule has 0 spiro atoms. The van der Waals surface area contributed by atoms with Crippen molar-refractivity contribution in [2.75, 3.05) is 0 Å². The summed E-state index contributed by atoms with van der Waals surface area (Å²) in [7, 11) is 0. The first kappa shape index (κ1) is 29.7. The number of thiophene rings is 1. The summed E-state index contributed by atoms with van der Waals surface area (Å²) in [5, 5.41) is 13.4. The molecule has 0 N–H and O–H groups in total. The molecular weight excluding hydrogens is 675 g/mol. The van der Waals surface area contributed by atoms with Crippen molar-refractivity contribution in [3.63, 3.8) is 0 Å². The van der Waals surface area contributed by atoms with Crippen LogP contribution >= 0.6 is 11.3 Å². The van der Waals surface area contributed by atoms with E-state index in [-0.39, 0.29) is 0 Å². The minimum atomic E-state index is 0.663. The average molecular weight is 704 g/mol. The van der Waals surface area contributed by atoms with Crippen molar-refractivity contribution in [2.24, 2.45) is 0 Å². The Morgan fingerprint density at radius 3 is 1.93 bits per heavy atom. The smallest absolute Gasteiger partial charge is 0.235 e. The summed E-state index contributed by atoms with van der Waals surface area (Å²) in [6, 6.07) is 63.6. The number of nitrogens with zero attached hydrogens (tertiary/aromatic N) is 3. The Kier molecular flexibility index (Phi) is 6.21. The fraction of sp³-hybridized carbons (Fsp3) is 0. The first-order valence-electron chi connectivity index (χ1n) is 18.3. The predicted molar refractivity (Wildman–Crippen MR) is 230 cm³/mol. The fourth-order valence-corrected chi connectivity index (χ4v) is 9.85. The minimum absolute atomic E-state index is 0.663. The summed E-state index contributed by atoms with van der Waals surface area (Å²) >= 11 is 1.86. The van der Waals surface area contributed by atoms with Crippen LogP contribution in [0.25, 0.3) is 114 Å². The molecule has 0 fully saturated rings. The van der Waals surface area contributed by atoms with Crippen molar-refractivity contribution in [1.82, 2.24) is 14.5 Å². The number of rotatable bonds is 3. The number of benzene rings is 9. The Hall–Kier alpha value is -6.88. The van der Waals surface area contributed by atoms with Gasteiger partial charge in [0.25, 0.3) is 0 Å². The molecule has 9 aromatic carbocycles. The van der Waals surface area contributed by atoms with Crippen LogP contribution in [-0.2, 0) is 0 Å². The molecule has 0 aliphatic heterocycles. The van der Waals surface area contributed by atoms with Crippen LogP contribution in [0.4, 0.5) is 0 Å². The van der Waals surface area contributed by atoms with Crippen LogP contribution in [0.1, 0.15) is 0 Å². The van der Waals surface area contributed by atoms with E-state index in [0.717, 1.165) is 33.2 Å². The number of aromatic nitrogens is 3. The van der Waals surface area contributed by atoms with E-state index < -0.39 is 0 Å². The highest BCUT2D eigenvalue weighted by molar-refractivity contribution is 7.25. The van der Waals surface area contributed by atoms with Crippen molar-refractivity contribution in [3.05, 3.63) is 176 Å². The molecule has 0 aliphatic rings. The first-order valence-corrected chi connectivity index (χ1v) is 19.1. The van der Waals surface area contributed by atoms with E-state index in [2.05, 4.69) is 180 Å². The number of para-hydroxylation sites is 1. The van der Waals surface area contributed by atoms with Gasteiger partial charge < -0.3 is 0 Å². The summed E-state index contributed by atoms with van der Waals surface area (Å²) < 4.78 is 4.95. The number of hydrogen-bond donors (Lipinski definition) is 0. The van der Waals surface area contributed by atoms with Gasteiger partial charge in [0.05, 0.1) is 22.2 Å². The van der Waals surface area contributed by atoms with E-state index >= 15 is 0 Å². The maximum atomic E-state index is 5.45. The van der Waals surface area contributed by atoms with Crippen LogP contribution in [-0.4, -0.2) is 14.5 Å². The monoisotopic (exact) mass is 703 g/mol. The molecule has 0 aliphatic carbocycles. The number of fused-ring (bicyclic) bond motifs is 14. The zero-order chi connectivity index (χ0) is 35.3. The van der Waals surface area contributed by atoms with E-state index in [9.17, 15) is 0 Å². The molecule has 0 unspecified atom stereocenters. The predicted octanol–water partition coefficient (Wildman–Crippen LogP) is 13.9. The SMILES string of the molecule is c1ccc(-c2nc(-n3c4ccc(-c5ccc6sc7ccccc7c6c5)cc4c4c5c6ccccc6ccc5c5ccccc5c43)nc3ccccc23)cc1. The molecule has 0 radical (unpaired) electrons. The summed E-state index contributed by atoms with van der Waals surface area (Å²) in [5.74, 6) is 0.663. The zero-order valence-electron chi connectivity index (χ0n) is 29.0. The maximum Gasteiger partial charge on any atom is 0.235 e. The Labute approximate surface area is 314 Å². The van der Waals surface area contributed by atoms with Gasteiger partial charge in [0.15, 0.2) is 0 Å². The highest BCUT2D eigenvalue weighted by Crippen LogP contribution is 2.46. The largest absolute Gasteiger partial charge is 0.277 e. The molecule has 0 amide bonds. The minimum Gasteiger partial charge on any atom is -0.277 e. The normalized spacial score (nSPS) is 12.1. The average Bonchev–Trinajstić information content (AvgIpc) is 3.79. The second-order valence-corrected chi connectivity index (χ2v) is 15.2. The molecule has 12 aromatic rings. The third kappa shape index (κ3) is 4.23. The number of hydrogen-bond acceptors (Lipinski definition) is 3. The highest BCUT2D eigenvalue weighted by Gasteiger charge is 2.23. The molecule has 3 nitrogen and oxygen atoms in total. The first-order chi connectivity index (χ1) is 26.8. The molecule has 0 atom stereocenters. The molecule has 0 saturated heterocycles. The Bertz CT molecular complexity index is 3500. The Morgan fingerprint density at radius 2 is 1.06 bits per heavy atom. The van der Waals surface area contributed by atoms with Gasteiger partial charge in [-0.1, -0.05) is 140 Å². The van der Waals surface area contributed by atoms with Crippen molar-refractivity contribution in [1.29, 1.82) is 0 Å². The molecule has 4 heteroatoms. The van der Waals surface area contributed by atoms with Gasteiger partial charge in [-0.15, -0.1) is 11.3 Å². The molecule has 0 saturated carbocycles. The van der Waals surface area contributed by atoms with E-state index in [1.54, 1.807) is 0 Å². The maximum absolute atomic E-state index is 5.45. The summed E-state index contributed by atoms with van der Waals surface area (Å²) in [6.07, 6.45) is 0. The topological polar surface area (TPSA) is 30.7 Å². The summed E-state index contributed by atoms with van der Waals surface area (Å²) in [6.45, 7) is 0. The van der Waals surface area contributed by atoms with Gasteiger partial charge in [0.1, 0.15) is 0 Å². The Balaban J connectivity index is 1.26. The second-order valence-electron chi connectivity index (χ2n) is 14.1. The lowest BCUT2D eigenvalue weighted by Crippen LogP contribution is -2.04. The molecule has 3 heterocycles. The van der Waals surface area contributed by atoms with Crippen LogP contribution in [0.15, 0.2) is 176 Å². The molecule has 0 bridgehead atoms. The van der Waals surface area contributed by atoms with Crippen LogP contribution in [0.2, 0.25) is 0 Å². The van der Waals surface area contributed by atoms with Gasteiger partial charge >= 0.3 is 0 Å². The van der Waals surface area contributed by atoms with E-state index in [4.69, 9.17) is 9.97 Å². The molecule has 250 valence electrons. The van der Waals surface area contributed by atoms with Crippen LogP contribution in [0.3, 0.4) is 0 Å². The van der Waals surface area contributed by atoms with Crippen molar-refractivity contribution < 1.29 is 0 Å². The van der Waals surface area contributed by atoms with Crippen LogP contribution in [0, 0.1) is 0 Å². The van der Waals surface area contributed by atoms with E-state index in [1.165, 1.54) is 74.4 Å². The molecule has 54 heavy (non-hydrogen) atoms. The van der Waals surface area contributed by atoms with Crippen molar-refractivity contribution in [3.8, 4) is 28.3 Å². The van der Waals surface area contributed by atoms with Gasteiger partial charge in [0.2, 0.25) is 5.95 Å². The van der Waals surface area contributed by atoms with Gasteiger partial charge in [0, 0.05) is 52.7 Å². The Morgan fingerprint density at radius 1 is 0.389 bits per heavy atom. The quantitative estimate of drug-likeness (QED) is 0.172. The van der Waals surface area contributed by atoms with Gasteiger partial charge in [-0.2, -0.15) is 0 Å². The third-order valence-electron chi connectivity index (χ3n) is 11.2. The standard InChI is InChI=1S/C50H29N3S/c1-2-13-31(14-3-1)48-39-19-8-10-20-42(39)51-50(52-48)53-43-26-23-32(33-24-27-45-40(28-33)36-17-9-11-21-44(36)54-45)29-41(43)47-46-34-15-5-4-12-30(34)22-25-37(46)35-16-6-7-18-38(35)49(47)53/h1-29H. The van der Waals surface area contributed by atoms with Crippen LogP contribution < -0.4 is 0 Å². The summed E-state index contributed by atoms with van der Waals surface area (Å²) in [4.78, 5) is 10.8. The summed E-state index contributed by atoms with van der Waals surface area (Å²) in [5.41, 5.74) is 7.50. The second kappa shape index (κ2) is 11.3. The van der Waals surface area contributed by atoms with Crippen LogP contribution in [0.5, 0.6) is 0 Å². The van der Waals surface area contributed by atoms with Crippen molar-refractivity contribution in [2.45, 2.75) is 0 Å². The van der Waals surface area contributed by atoms with Gasteiger partial charge in [-0.05, 0) is 69.1 Å². The highest BCUT2D eigenvalue weighted by atomic mass is 32.1. The van der Waals surface area contributed by atoms with E-state index in [1.807, 2.05) is 11.3 Å². The lowest BCUT2D eigenvalue weighted by molar-refractivity contribution is 1.02. The third-order valence-corrected chi connectivity index (χ3v) is 12.3. The lowest BCUT2D eigenvalue weighted by atomic mass is 9.92. The van der Waals surface area contributed by atoms with Gasteiger partial charge in [-0.3, -0.25) is 4.57 Å². The van der Waals surface area contributed by atoms with Crippen molar-refractivity contribution >= 4 is 96.5 Å². The van der Waals surface area contributed by atoms with Gasteiger partial charge in [-0.25, -0.2) is 9.97 Å². The molecule has 3 aromatic heterocycles. The molecular formula is C50H29N3S. The molecule has 12 rings (SSSR count). The lowest BCUT2D eigenvalue weighted by Gasteiger charge is -2.14. The van der Waals surface area contributed by atoms with E-state index in [0.29, 0.717) is 5.95 Å². The fourth-order valence-electron chi connectivity index (χ4n) is 8.76.